The van der Waals surface area contributed by atoms with Crippen LogP contribution in [0.1, 0.15) is 16.2 Å². The number of carbonyl (C=O) groups is 1. The molecular weight excluding hydrogens is 416 g/mol. The Hall–Kier alpha value is -3.04. The normalized spacial score (nSPS) is 13.3. The van der Waals surface area contributed by atoms with Crippen molar-refractivity contribution in [3.8, 4) is 22.0 Å². The van der Waals surface area contributed by atoms with Crippen LogP contribution < -0.4 is 4.90 Å². The minimum absolute atomic E-state index is 0.0204. The van der Waals surface area contributed by atoms with Gasteiger partial charge in [0.25, 0.3) is 5.91 Å². The highest BCUT2D eigenvalue weighted by molar-refractivity contribution is 7.14. The number of carbonyl (C=O) groups excluding carboxylic acids is 1. The molecule has 4 aromatic rings. The van der Waals surface area contributed by atoms with Crippen molar-refractivity contribution in [3.05, 3.63) is 58.5 Å². The second kappa shape index (κ2) is 7.66. The first-order valence-electron chi connectivity index (χ1n) is 9.58. The van der Waals surface area contributed by atoms with E-state index >= 15 is 0 Å². The summed E-state index contributed by atoms with van der Waals surface area (Å²) in [5, 5.41) is 13.7. The van der Waals surface area contributed by atoms with Crippen LogP contribution in [0.25, 0.3) is 22.0 Å². The van der Waals surface area contributed by atoms with E-state index in [1.807, 2.05) is 59.6 Å². The molecule has 5 rings (SSSR count). The molecule has 4 heterocycles. The Balaban J connectivity index is 1.33. The SMILES string of the molecule is CN(C)c1nc(-c2nnc3n2CCN(C(=O)c2ccc(-c4cccs4)cc2)C3)cs1. The maximum absolute atomic E-state index is 13.0. The lowest BCUT2D eigenvalue weighted by atomic mass is 10.1. The number of thiophene rings is 1. The second-order valence-electron chi connectivity index (χ2n) is 7.28. The molecule has 3 aromatic heterocycles. The van der Waals surface area contributed by atoms with Gasteiger partial charge in [-0.3, -0.25) is 4.79 Å². The van der Waals surface area contributed by atoms with Crippen molar-refractivity contribution in [2.24, 2.45) is 0 Å². The second-order valence-corrected chi connectivity index (χ2v) is 9.07. The van der Waals surface area contributed by atoms with Crippen LogP contribution in [0, 0.1) is 0 Å². The number of rotatable bonds is 4. The zero-order valence-corrected chi connectivity index (χ0v) is 18.3. The van der Waals surface area contributed by atoms with Gasteiger partial charge in [-0.05, 0) is 29.1 Å². The molecule has 0 spiro atoms. The van der Waals surface area contributed by atoms with Crippen molar-refractivity contribution in [1.29, 1.82) is 0 Å². The van der Waals surface area contributed by atoms with E-state index < -0.39 is 0 Å². The maximum atomic E-state index is 13.0. The van der Waals surface area contributed by atoms with Gasteiger partial charge in [0.15, 0.2) is 16.8 Å². The zero-order valence-electron chi connectivity index (χ0n) is 16.6. The van der Waals surface area contributed by atoms with Crippen LogP contribution in [0.5, 0.6) is 0 Å². The van der Waals surface area contributed by atoms with Gasteiger partial charge in [0.1, 0.15) is 5.69 Å². The van der Waals surface area contributed by atoms with Gasteiger partial charge in [-0.15, -0.1) is 32.9 Å². The first kappa shape index (κ1) is 19.0. The lowest BCUT2D eigenvalue weighted by Crippen LogP contribution is -2.38. The summed E-state index contributed by atoms with van der Waals surface area (Å²) in [5.41, 5.74) is 2.65. The molecule has 1 amide bonds. The van der Waals surface area contributed by atoms with Gasteiger partial charge in [-0.2, -0.15) is 0 Å². The molecule has 0 N–H and O–H groups in total. The van der Waals surface area contributed by atoms with Gasteiger partial charge < -0.3 is 14.4 Å². The molecule has 0 saturated heterocycles. The van der Waals surface area contributed by atoms with Gasteiger partial charge >= 0.3 is 0 Å². The van der Waals surface area contributed by atoms with Gasteiger partial charge in [0.05, 0.1) is 6.54 Å². The summed E-state index contributed by atoms with van der Waals surface area (Å²) in [5.74, 6) is 1.58. The number of anilines is 1. The Morgan fingerprint density at radius 1 is 1.07 bits per heavy atom. The highest BCUT2D eigenvalue weighted by Gasteiger charge is 2.26. The number of aromatic nitrogens is 4. The molecule has 0 fully saturated rings. The molecule has 0 aliphatic carbocycles. The summed E-state index contributed by atoms with van der Waals surface area (Å²) >= 11 is 3.27. The summed E-state index contributed by atoms with van der Waals surface area (Å²) < 4.78 is 2.07. The molecule has 0 saturated carbocycles. The predicted octanol–water partition coefficient (Wildman–Crippen LogP) is 3.85. The molecule has 0 bridgehead atoms. The van der Waals surface area contributed by atoms with E-state index in [4.69, 9.17) is 0 Å². The average Bonchev–Trinajstić information content (AvgIpc) is 3.53. The Morgan fingerprint density at radius 2 is 1.90 bits per heavy atom. The van der Waals surface area contributed by atoms with Gasteiger partial charge in [0, 0.05) is 43.0 Å². The van der Waals surface area contributed by atoms with Crippen LogP contribution in [-0.4, -0.2) is 51.2 Å². The van der Waals surface area contributed by atoms with Gasteiger partial charge in [0.2, 0.25) is 0 Å². The number of hydrogen-bond donors (Lipinski definition) is 0. The fourth-order valence-corrected chi connectivity index (χ4v) is 4.97. The smallest absolute Gasteiger partial charge is 0.254 e. The van der Waals surface area contributed by atoms with E-state index in [9.17, 15) is 4.79 Å². The molecule has 1 aliphatic rings. The fourth-order valence-electron chi connectivity index (χ4n) is 3.50. The maximum Gasteiger partial charge on any atom is 0.254 e. The summed E-state index contributed by atoms with van der Waals surface area (Å²) in [4.78, 5) is 22.7. The zero-order chi connectivity index (χ0) is 20.7. The van der Waals surface area contributed by atoms with Gasteiger partial charge in [-0.1, -0.05) is 18.2 Å². The van der Waals surface area contributed by atoms with Crippen LogP contribution in [0.3, 0.4) is 0 Å². The molecule has 9 heteroatoms. The monoisotopic (exact) mass is 436 g/mol. The van der Waals surface area contributed by atoms with Crippen molar-refractivity contribution in [2.45, 2.75) is 13.1 Å². The average molecular weight is 437 g/mol. The molecule has 1 aromatic carbocycles. The Labute approximate surface area is 182 Å². The van der Waals surface area contributed by atoms with Crippen molar-refractivity contribution >= 4 is 33.7 Å². The standard InChI is InChI=1S/C21H20N6OS2/c1-25(2)21-22-16(13-30-21)19-24-23-18-12-26(9-10-27(18)19)20(28)15-7-5-14(6-8-15)17-4-3-11-29-17/h3-8,11,13H,9-10,12H2,1-2H3. The third-order valence-corrected chi connectivity index (χ3v) is 7.01. The van der Waals surface area contributed by atoms with Crippen LogP contribution >= 0.6 is 22.7 Å². The minimum Gasteiger partial charge on any atom is -0.354 e. The number of thiazole rings is 1. The number of fused-ring (bicyclic) bond motifs is 1. The predicted molar refractivity (Wildman–Crippen MR) is 120 cm³/mol. The van der Waals surface area contributed by atoms with Crippen molar-refractivity contribution < 1.29 is 4.79 Å². The molecule has 7 nitrogen and oxygen atoms in total. The first-order chi connectivity index (χ1) is 14.6. The Morgan fingerprint density at radius 3 is 2.60 bits per heavy atom. The van der Waals surface area contributed by atoms with E-state index in [0.717, 1.165) is 28.0 Å². The highest BCUT2D eigenvalue weighted by Crippen LogP contribution is 2.28. The summed E-state index contributed by atoms with van der Waals surface area (Å²) in [6, 6.07) is 11.9. The van der Waals surface area contributed by atoms with Gasteiger partial charge in [-0.25, -0.2) is 4.98 Å². The minimum atomic E-state index is 0.0204. The van der Waals surface area contributed by atoms with Crippen LogP contribution in [0.15, 0.2) is 47.2 Å². The Bertz CT molecular complexity index is 1180. The highest BCUT2D eigenvalue weighted by atomic mass is 32.1. The number of benzene rings is 1. The molecule has 30 heavy (non-hydrogen) atoms. The third-order valence-electron chi connectivity index (χ3n) is 5.08. The number of amides is 1. The van der Waals surface area contributed by atoms with Crippen molar-refractivity contribution in [2.75, 3.05) is 25.5 Å². The van der Waals surface area contributed by atoms with Crippen molar-refractivity contribution in [1.82, 2.24) is 24.6 Å². The van der Waals surface area contributed by atoms with Crippen molar-refractivity contribution in [3.63, 3.8) is 0 Å². The molecule has 0 radical (unpaired) electrons. The molecule has 0 unspecified atom stereocenters. The topological polar surface area (TPSA) is 67.2 Å². The lowest BCUT2D eigenvalue weighted by molar-refractivity contribution is 0.0708. The quantitative estimate of drug-likeness (QED) is 0.486. The van der Waals surface area contributed by atoms with E-state index in [-0.39, 0.29) is 5.91 Å². The summed E-state index contributed by atoms with van der Waals surface area (Å²) in [6.07, 6.45) is 0. The van der Waals surface area contributed by atoms with E-state index in [0.29, 0.717) is 25.2 Å². The van der Waals surface area contributed by atoms with E-state index in [1.54, 1.807) is 22.7 Å². The molecule has 0 atom stereocenters. The van der Waals surface area contributed by atoms with E-state index in [1.165, 1.54) is 4.88 Å². The number of hydrogen-bond acceptors (Lipinski definition) is 7. The lowest BCUT2D eigenvalue weighted by Gasteiger charge is -2.27. The summed E-state index contributed by atoms with van der Waals surface area (Å²) in [7, 11) is 3.94. The molecule has 1 aliphatic heterocycles. The third kappa shape index (κ3) is 3.40. The summed E-state index contributed by atoms with van der Waals surface area (Å²) in [6.45, 7) is 1.73. The van der Waals surface area contributed by atoms with Crippen LogP contribution in [0.4, 0.5) is 5.13 Å². The molecular formula is C21H20N6OS2. The van der Waals surface area contributed by atoms with Crippen LogP contribution in [-0.2, 0) is 13.1 Å². The Kier molecular flexibility index (Phi) is 4.84. The van der Waals surface area contributed by atoms with E-state index in [2.05, 4.69) is 31.2 Å². The first-order valence-corrected chi connectivity index (χ1v) is 11.3. The molecule has 152 valence electrons. The number of nitrogens with zero attached hydrogens (tertiary/aromatic N) is 6. The van der Waals surface area contributed by atoms with Crippen LogP contribution in [0.2, 0.25) is 0 Å². The largest absolute Gasteiger partial charge is 0.354 e. The fraction of sp³-hybridized carbons (Fsp3) is 0.238.